The summed E-state index contributed by atoms with van der Waals surface area (Å²) in [6.07, 6.45) is 6.40. The molecule has 0 N–H and O–H groups in total. The topological polar surface area (TPSA) is 59.1 Å². The summed E-state index contributed by atoms with van der Waals surface area (Å²) in [7, 11) is 0. The number of ether oxygens (including phenoxy) is 2. The van der Waals surface area contributed by atoms with Gasteiger partial charge < -0.3 is 14.4 Å². The van der Waals surface area contributed by atoms with E-state index in [0.717, 1.165) is 67.1 Å². The minimum atomic E-state index is -0.288. The first-order valence-corrected chi connectivity index (χ1v) is 15.9. The van der Waals surface area contributed by atoms with Gasteiger partial charge in [-0.15, -0.1) is 0 Å². The molecule has 0 aromatic heterocycles. The van der Waals surface area contributed by atoms with Gasteiger partial charge in [-0.2, -0.15) is 0 Å². The fourth-order valence-corrected chi connectivity index (χ4v) is 8.71. The molecule has 2 aromatic carbocycles. The smallest absolute Gasteiger partial charge is 0.308 e. The van der Waals surface area contributed by atoms with Crippen LogP contribution in [0.3, 0.4) is 0 Å². The molecule has 0 unspecified atom stereocenters. The van der Waals surface area contributed by atoms with Crippen LogP contribution < -0.4 is 9.47 Å². The van der Waals surface area contributed by atoms with E-state index in [2.05, 4.69) is 30.6 Å². The fourth-order valence-electron chi connectivity index (χ4n) is 8.71. The van der Waals surface area contributed by atoms with Gasteiger partial charge in [-0.1, -0.05) is 31.9 Å². The van der Waals surface area contributed by atoms with Crippen molar-refractivity contribution >= 4 is 11.9 Å². The summed E-state index contributed by atoms with van der Waals surface area (Å²) in [5.74, 6) is 8.92. The normalized spacial score (nSPS) is 28.8. The third kappa shape index (κ3) is 4.61. The van der Waals surface area contributed by atoms with Crippen molar-refractivity contribution in [1.29, 1.82) is 0 Å². The van der Waals surface area contributed by atoms with Gasteiger partial charge >= 0.3 is 5.97 Å². The van der Waals surface area contributed by atoms with E-state index in [-0.39, 0.29) is 29.4 Å². The lowest BCUT2D eigenvalue weighted by atomic mass is 9.50. The minimum absolute atomic E-state index is 0.0610. The van der Waals surface area contributed by atoms with Crippen molar-refractivity contribution in [2.24, 2.45) is 17.8 Å². The number of likely N-dealkylation sites (tertiary alicyclic amines) is 1. The van der Waals surface area contributed by atoms with Gasteiger partial charge in [0.2, 0.25) is 0 Å². The van der Waals surface area contributed by atoms with Crippen LogP contribution in [0, 0.1) is 36.5 Å². The zero-order valence-corrected chi connectivity index (χ0v) is 25.3. The molecule has 7 rings (SSSR count). The van der Waals surface area contributed by atoms with Gasteiger partial charge in [-0.3, -0.25) is 14.5 Å². The first-order valence-electron chi connectivity index (χ1n) is 15.9. The highest BCUT2D eigenvalue weighted by molar-refractivity contribution is 5.94. The SMILES string of the molecule is CC(=O)Oc1ccc2c3c1C[C@@H]1[C@@H]4CC[C@H](N(CC(C)C)C(=O)C#Cc5cccc(C)c5)[C@H](O2)[C@]34CCN1CC1CC1. The number of esters is 1. The fraction of sp³-hybridized carbons (Fsp3) is 0.556. The summed E-state index contributed by atoms with van der Waals surface area (Å²) >= 11 is 0. The van der Waals surface area contributed by atoms with E-state index in [0.29, 0.717) is 30.2 Å². The van der Waals surface area contributed by atoms with Crippen LogP contribution in [-0.4, -0.2) is 59.5 Å². The van der Waals surface area contributed by atoms with Gasteiger partial charge in [0.1, 0.15) is 17.6 Å². The molecule has 2 saturated carbocycles. The first-order chi connectivity index (χ1) is 20.2. The molecule has 5 aliphatic rings. The second-order valence-electron chi connectivity index (χ2n) is 13.8. The van der Waals surface area contributed by atoms with E-state index in [1.807, 2.05) is 48.2 Å². The van der Waals surface area contributed by atoms with Gasteiger partial charge in [0.05, 0.1) is 6.04 Å². The molecule has 6 nitrogen and oxygen atoms in total. The second kappa shape index (κ2) is 10.5. The van der Waals surface area contributed by atoms with Crippen LogP contribution in [0.5, 0.6) is 11.5 Å². The van der Waals surface area contributed by atoms with Gasteiger partial charge in [0, 0.05) is 54.1 Å². The molecule has 2 bridgehead atoms. The Kier molecular flexibility index (Phi) is 6.85. The van der Waals surface area contributed by atoms with Crippen molar-refractivity contribution < 1.29 is 19.1 Å². The Hall–Kier alpha value is -3.30. The van der Waals surface area contributed by atoms with E-state index >= 15 is 0 Å². The van der Waals surface area contributed by atoms with Crippen LogP contribution in [0.4, 0.5) is 0 Å². The Morgan fingerprint density at radius 3 is 2.74 bits per heavy atom. The molecule has 220 valence electrons. The molecule has 2 aliphatic heterocycles. The molecule has 42 heavy (non-hydrogen) atoms. The summed E-state index contributed by atoms with van der Waals surface area (Å²) in [5.41, 5.74) is 4.21. The number of nitrogens with zero attached hydrogens (tertiary/aromatic N) is 2. The maximum atomic E-state index is 13.9. The highest BCUT2D eigenvalue weighted by atomic mass is 16.5. The predicted octanol–water partition coefficient (Wildman–Crippen LogP) is 5.27. The molecule has 5 atom stereocenters. The number of carbonyl (C=O) groups excluding carboxylic acids is 2. The predicted molar refractivity (Wildman–Crippen MR) is 161 cm³/mol. The molecule has 6 heteroatoms. The van der Waals surface area contributed by atoms with Crippen LogP contribution in [0.25, 0.3) is 0 Å². The maximum Gasteiger partial charge on any atom is 0.308 e. The third-order valence-corrected chi connectivity index (χ3v) is 10.4. The Bertz CT molecular complexity index is 1480. The van der Waals surface area contributed by atoms with E-state index < -0.39 is 0 Å². The monoisotopic (exact) mass is 566 g/mol. The molecule has 1 spiro atoms. The molecular weight excluding hydrogens is 524 g/mol. The quantitative estimate of drug-likeness (QED) is 0.271. The lowest BCUT2D eigenvalue weighted by molar-refractivity contribution is -0.138. The number of hydrogen-bond acceptors (Lipinski definition) is 5. The van der Waals surface area contributed by atoms with E-state index in [4.69, 9.17) is 9.47 Å². The molecule has 2 heterocycles. The van der Waals surface area contributed by atoms with Crippen molar-refractivity contribution in [2.75, 3.05) is 19.6 Å². The number of amides is 1. The summed E-state index contributed by atoms with van der Waals surface area (Å²) in [4.78, 5) is 30.8. The summed E-state index contributed by atoms with van der Waals surface area (Å²) < 4.78 is 12.8. The van der Waals surface area contributed by atoms with Crippen molar-refractivity contribution in [3.63, 3.8) is 0 Å². The molecule has 3 fully saturated rings. The van der Waals surface area contributed by atoms with Crippen molar-refractivity contribution in [3.8, 4) is 23.3 Å². The number of aryl methyl sites for hydroxylation is 1. The minimum Gasteiger partial charge on any atom is -0.487 e. The Morgan fingerprint density at radius 1 is 1.17 bits per heavy atom. The van der Waals surface area contributed by atoms with Crippen molar-refractivity contribution in [3.05, 3.63) is 58.7 Å². The number of piperidine rings is 1. The highest BCUT2D eigenvalue weighted by Crippen LogP contribution is 2.64. The lowest BCUT2D eigenvalue weighted by Gasteiger charge is -2.60. The van der Waals surface area contributed by atoms with E-state index in [1.54, 1.807) is 0 Å². The van der Waals surface area contributed by atoms with Crippen molar-refractivity contribution in [1.82, 2.24) is 9.80 Å². The van der Waals surface area contributed by atoms with Crippen LogP contribution in [0.2, 0.25) is 0 Å². The molecular formula is C36H42N2O4. The van der Waals surface area contributed by atoms with E-state index in [1.165, 1.54) is 25.3 Å². The molecule has 2 aromatic rings. The van der Waals surface area contributed by atoms with Gasteiger partial charge in [0.25, 0.3) is 5.91 Å². The van der Waals surface area contributed by atoms with Crippen LogP contribution in [0.15, 0.2) is 36.4 Å². The summed E-state index contributed by atoms with van der Waals surface area (Å²) in [6.45, 7) is 10.7. The molecule has 3 aliphatic carbocycles. The number of hydrogen-bond donors (Lipinski definition) is 0. The van der Waals surface area contributed by atoms with Gasteiger partial charge in [-0.05, 0) is 99.6 Å². The Labute approximate surface area is 249 Å². The maximum absolute atomic E-state index is 13.9. The summed E-state index contributed by atoms with van der Waals surface area (Å²) in [5, 5.41) is 0. The van der Waals surface area contributed by atoms with Crippen LogP contribution in [0.1, 0.15) is 75.1 Å². The average Bonchev–Trinajstić information content (AvgIpc) is 3.70. The number of rotatable bonds is 6. The Morgan fingerprint density at radius 2 is 2.00 bits per heavy atom. The zero-order valence-electron chi connectivity index (χ0n) is 25.3. The standard InChI is InChI=1S/C36H42N2O4/c1-22(2)20-38(33(40)15-10-25-7-5-6-23(3)18-25)29-12-11-28-30-19-27-31(41-24(4)39)13-14-32-34(27)36(28,35(29)42-32)16-17-37(30)21-26-8-9-26/h5-7,13-14,18,22,26,28-30,35H,8-9,11-12,16-17,19-21H2,1-4H3/t28-,29-,30+,35-,36-/m0/s1. The molecule has 1 saturated heterocycles. The third-order valence-electron chi connectivity index (χ3n) is 10.4. The number of benzene rings is 2. The average molecular weight is 567 g/mol. The zero-order chi connectivity index (χ0) is 29.2. The highest BCUT2D eigenvalue weighted by Gasteiger charge is 2.66. The Balaban J connectivity index is 1.28. The second-order valence-corrected chi connectivity index (χ2v) is 13.8. The van der Waals surface area contributed by atoms with Gasteiger partial charge in [0.15, 0.2) is 0 Å². The molecule has 1 amide bonds. The van der Waals surface area contributed by atoms with Crippen molar-refractivity contribution in [2.45, 2.75) is 89.8 Å². The molecule has 0 radical (unpaired) electrons. The van der Waals surface area contributed by atoms with Crippen LogP contribution >= 0.6 is 0 Å². The largest absolute Gasteiger partial charge is 0.487 e. The summed E-state index contributed by atoms with van der Waals surface area (Å²) in [6, 6.07) is 12.3. The van der Waals surface area contributed by atoms with E-state index in [9.17, 15) is 9.59 Å². The van der Waals surface area contributed by atoms with Crippen LogP contribution in [-0.2, 0) is 21.4 Å². The van der Waals surface area contributed by atoms with Gasteiger partial charge in [-0.25, -0.2) is 0 Å². The lowest BCUT2D eigenvalue weighted by Crippen LogP contribution is -2.69. The number of carbonyl (C=O) groups is 2. The first kappa shape index (κ1) is 27.5.